The van der Waals surface area contributed by atoms with Gasteiger partial charge in [0.1, 0.15) is 23.8 Å². The number of ether oxygens (including phenoxy) is 1. The second-order valence-electron chi connectivity index (χ2n) is 7.15. The van der Waals surface area contributed by atoms with Gasteiger partial charge < -0.3 is 19.2 Å². The van der Waals surface area contributed by atoms with Crippen LogP contribution in [-0.4, -0.2) is 34.5 Å². The van der Waals surface area contributed by atoms with Crippen LogP contribution >= 0.6 is 0 Å². The highest BCUT2D eigenvalue weighted by atomic mass is 16.5. The molecule has 3 aromatic rings. The number of nitrogens with zero attached hydrogens (tertiary/aromatic N) is 2. The van der Waals surface area contributed by atoms with Crippen molar-refractivity contribution in [3.63, 3.8) is 0 Å². The molecule has 1 aliphatic heterocycles. The lowest BCUT2D eigenvalue weighted by Gasteiger charge is -2.34. The number of phenols is 1. The minimum atomic E-state index is -0.664. The van der Waals surface area contributed by atoms with Crippen LogP contribution < -0.4 is 9.64 Å². The van der Waals surface area contributed by atoms with Crippen LogP contribution in [0.2, 0.25) is 0 Å². The Morgan fingerprint density at radius 3 is 2.57 bits per heavy atom. The SMILES string of the molecule is C[C@H]1Oc2ccccc2N(CC(=O)N(Cc2ccc(O)cc2)Cc2ccco2)C1=O. The Kier molecular flexibility index (Phi) is 5.43. The molecule has 1 atom stereocenters. The van der Waals surface area contributed by atoms with Crippen molar-refractivity contribution in [2.45, 2.75) is 26.1 Å². The fourth-order valence-corrected chi connectivity index (χ4v) is 3.40. The number of rotatable bonds is 6. The average Bonchev–Trinajstić information content (AvgIpc) is 3.25. The lowest BCUT2D eigenvalue weighted by molar-refractivity contribution is -0.134. The summed E-state index contributed by atoms with van der Waals surface area (Å²) in [5.74, 6) is 0.895. The number of fused-ring (bicyclic) bond motifs is 1. The van der Waals surface area contributed by atoms with E-state index in [9.17, 15) is 14.7 Å². The molecule has 1 N–H and O–H groups in total. The topological polar surface area (TPSA) is 83.2 Å². The molecule has 0 fully saturated rings. The van der Waals surface area contributed by atoms with Crippen LogP contribution in [0.25, 0.3) is 0 Å². The summed E-state index contributed by atoms with van der Waals surface area (Å²) in [6.07, 6.45) is 0.894. The van der Waals surface area contributed by atoms with Gasteiger partial charge in [0, 0.05) is 6.54 Å². The third-order valence-electron chi connectivity index (χ3n) is 4.96. The Morgan fingerprint density at radius 1 is 1.07 bits per heavy atom. The van der Waals surface area contributed by atoms with E-state index in [2.05, 4.69) is 0 Å². The first-order chi connectivity index (χ1) is 14.5. The van der Waals surface area contributed by atoms with Crippen molar-refractivity contribution in [3.8, 4) is 11.5 Å². The molecule has 0 spiro atoms. The van der Waals surface area contributed by atoms with E-state index in [-0.39, 0.29) is 30.7 Å². The molecule has 1 aromatic heterocycles. The normalized spacial score (nSPS) is 15.4. The number of para-hydroxylation sites is 2. The van der Waals surface area contributed by atoms with Gasteiger partial charge in [0.2, 0.25) is 5.91 Å². The number of furan rings is 1. The summed E-state index contributed by atoms with van der Waals surface area (Å²) in [7, 11) is 0. The number of hydrogen-bond acceptors (Lipinski definition) is 5. The van der Waals surface area contributed by atoms with Gasteiger partial charge in [0.15, 0.2) is 6.10 Å². The second kappa shape index (κ2) is 8.32. The summed E-state index contributed by atoms with van der Waals surface area (Å²) in [5.41, 5.74) is 1.44. The molecule has 0 saturated carbocycles. The largest absolute Gasteiger partial charge is 0.508 e. The summed E-state index contributed by atoms with van der Waals surface area (Å²) < 4.78 is 11.1. The summed E-state index contributed by atoms with van der Waals surface area (Å²) in [6.45, 7) is 2.15. The van der Waals surface area contributed by atoms with E-state index >= 15 is 0 Å². The van der Waals surface area contributed by atoms with Crippen molar-refractivity contribution < 1.29 is 23.8 Å². The molecule has 1 aliphatic rings. The van der Waals surface area contributed by atoms with E-state index in [1.165, 1.54) is 4.90 Å². The first-order valence-corrected chi connectivity index (χ1v) is 9.66. The lowest BCUT2D eigenvalue weighted by atomic mass is 10.1. The van der Waals surface area contributed by atoms with Crippen molar-refractivity contribution in [2.75, 3.05) is 11.4 Å². The summed E-state index contributed by atoms with van der Waals surface area (Å²) in [6, 6.07) is 17.4. The highest BCUT2D eigenvalue weighted by Gasteiger charge is 2.33. The molecule has 2 aromatic carbocycles. The maximum atomic E-state index is 13.3. The molecule has 154 valence electrons. The minimum Gasteiger partial charge on any atom is -0.508 e. The maximum absolute atomic E-state index is 13.3. The molecule has 2 amide bonds. The summed E-state index contributed by atoms with van der Waals surface area (Å²) in [4.78, 5) is 29.1. The van der Waals surface area contributed by atoms with E-state index in [0.29, 0.717) is 23.7 Å². The smallest absolute Gasteiger partial charge is 0.268 e. The maximum Gasteiger partial charge on any atom is 0.268 e. The third-order valence-corrected chi connectivity index (χ3v) is 4.96. The van der Waals surface area contributed by atoms with E-state index in [1.54, 1.807) is 72.7 Å². The van der Waals surface area contributed by atoms with Gasteiger partial charge in [-0.3, -0.25) is 14.5 Å². The fourth-order valence-electron chi connectivity index (χ4n) is 3.40. The highest BCUT2D eigenvalue weighted by Crippen LogP contribution is 2.33. The van der Waals surface area contributed by atoms with Crippen LogP contribution in [0.15, 0.2) is 71.3 Å². The van der Waals surface area contributed by atoms with Crippen LogP contribution in [0.1, 0.15) is 18.2 Å². The molecule has 0 radical (unpaired) electrons. The molecule has 0 bridgehead atoms. The Balaban J connectivity index is 1.58. The Bertz CT molecular complexity index is 1030. The van der Waals surface area contributed by atoms with E-state index in [0.717, 1.165) is 5.56 Å². The molecule has 4 rings (SSSR count). The van der Waals surface area contributed by atoms with Crippen LogP contribution in [0.4, 0.5) is 5.69 Å². The molecule has 30 heavy (non-hydrogen) atoms. The molecule has 2 heterocycles. The molecule has 0 aliphatic carbocycles. The number of carbonyl (C=O) groups is 2. The zero-order valence-corrected chi connectivity index (χ0v) is 16.5. The van der Waals surface area contributed by atoms with Crippen molar-refractivity contribution in [1.82, 2.24) is 4.90 Å². The Hall–Kier alpha value is -3.74. The summed E-state index contributed by atoms with van der Waals surface area (Å²) in [5, 5.41) is 9.52. The zero-order valence-electron chi connectivity index (χ0n) is 16.5. The van der Waals surface area contributed by atoms with Crippen LogP contribution in [0.5, 0.6) is 11.5 Å². The molecule has 0 saturated heterocycles. The van der Waals surface area contributed by atoms with Crippen molar-refractivity contribution in [1.29, 1.82) is 0 Å². The van der Waals surface area contributed by atoms with Crippen molar-refractivity contribution in [3.05, 3.63) is 78.3 Å². The van der Waals surface area contributed by atoms with Gasteiger partial charge in [0.25, 0.3) is 5.91 Å². The standard InChI is InChI=1S/C23H22N2O5/c1-16-23(28)25(20-6-2-3-7-21(20)30-16)15-22(27)24(14-19-5-4-12-29-19)13-17-8-10-18(26)11-9-17/h2-12,16,26H,13-15H2,1H3/t16-/m1/s1. The third kappa shape index (κ3) is 4.15. The first-order valence-electron chi connectivity index (χ1n) is 9.66. The molecular weight excluding hydrogens is 384 g/mol. The molecular formula is C23H22N2O5. The number of phenolic OH excluding ortho intramolecular Hbond substituents is 1. The number of anilines is 1. The van der Waals surface area contributed by atoms with Gasteiger partial charge in [-0.1, -0.05) is 24.3 Å². The monoisotopic (exact) mass is 406 g/mol. The quantitative estimate of drug-likeness (QED) is 0.679. The molecule has 0 unspecified atom stereocenters. The number of amides is 2. The Labute approximate surface area is 174 Å². The minimum absolute atomic E-state index is 0.109. The number of carbonyl (C=O) groups excluding carboxylic acids is 2. The predicted molar refractivity (Wildman–Crippen MR) is 110 cm³/mol. The van der Waals surface area contributed by atoms with Gasteiger partial charge >= 0.3 is 0 Å². The van der Waals surface area contributed by atoms with Gasteiger partial charge in [-0.25, -0.2) is 0 Å². The number of benzene rings is 2. The van der Waals surface area contributed by atoms with Gasteiger partial charge in [-0.2, -0.15) is 0 Å². The molecule has 7 heteroatoms. The van der Waals surface area contributed by atoms with Crippen LogP contribution in [0.3, 0.4) is 0 Å². The summed E-state index contributed by atoms with van der Waals surface area (Å²) >= 11 is 0. The van der Waals surface area contributed by atoms with Crippen molar-refractivity contribution in [2.24, 2.45) is 0 Å². The van der Waals surface area contributed by atoms with E-state index in [4.69, 9.17) is 9.15 Å². The van der Waals surface area contributed by atoms with Gasteiger partial charge in [0.05, 0.1) is 18.5 Å². The van der Waals surface area contributed by atoms with E-state index in [1.807, 2.05) is 6.07 Å². The number of aromatic hydroxyl groups is 1. The van der Waals surface area contributed by atoms with Crippen LogP contribution in [0, 0.1) is 0 Å². The van der Waals surface area contributed by atoms with Crippen molar-refractivity contribution >= 4 is 17.5 Å². The second-order valence-corrected chi connectivity index (χ2v) is 7.15. The fraction of sp³-hybridized carbons (Fsp3) is 0.217. The average molecular weight is 406 g/mol. The number of hydrogen-bond donors (Lipinski definition) is 1. The zero-order chi connectivity index (χ0) is 21.1. The van der Waals surface area contributed by atoms with E-state index < -0.39 is 6.10 Å². The van der Waals surface area contributed by atoms with Crippen LogP contribution in [-0.2, 0) is 22.7 Å². The highest BCUT2D eigenvalue weighted by molar-refractivity contribution is 6.03. The predicted octanol–water partition coefficient (Wildman–Crippen LogP) is 3.33. The van der Waals surface area contributed by atoms with Gasteiger partial charge in [-0.05, 0) is 48.9 Å². The first kappa shape index (κ1) is 19.6. The molecule has 7 nitrogen and oxygen atoms in total. The Morgan fingerprint density at radius 2 is 1.83 bits per heavy atom. The van der Waals surface area contributed by atoms with Gasteiger partial charge in [-0.15, -0.1) is 0 Å². The lowest BCUT2D eigenvalue weighted by Crippen LogP contribution is -2.49.